The van der Waals surface area contributed by atoms with Crippen molar-refractivity contribution in [3.63, 3.8) is 0 Å². The second-order valence-electron chi connectivity index (χ2n) is 5.42. The Bertz CT molecular complexity index is 857. The summed E-state index contributed by atoms with van der Waals surface area (Å²) in [6.07, 6.45) is 1.15. The van der Waals surface area contributed by atoms with E-state index in [1.165, 1.54) is 0 Å². The Labute approximate surface area is 142 Å². The van der Waals surface area contributed by atoms with Crippen LogP contribution in [0.15, 0.2) is 59.2 Å². The van der Waals surface area contributed by atoms with Crippen LogP contribution in [0, 0.1) is 0 Å². The minimum Gasteiger partial charge on any atom is -0.386 e. The first-order chi connectivity index (χ1) is 11.1. The lowest BCUT2D eigenvalue weighted by Gasteiger charge is -2.12. The number of hydrogen-bond donors (Lipinski definition) is 2. The molecule has 3 aromatic rings. The molecule has 1 atom stereocenters. The molecule has 0 aliphatic carbocycles. The van der Waals surface area contributed by atoms with Gasteiger partial charge in [-0.1, -0.05) is 30.3 Å². The number of aryl methyl sites for hydroxylation is 1. The van der Waals surface area contributed by atoms with Crippen LogP contribution in [0.5, 0.6) is 0 Å². The Morgan fingerprint density at radius 3 is 2.70 bits per heavy atom. The molecule has 1 aromatic heterocycles. The predicted octanol–water partition coefficient (Wildman–Crippen LogP) is 3.40. The fourth-order valence-electron chi connectivity index (χ4n) is 2.68. The molecule has 0 unspecified atom stereocenters. The van der Waals surface area contributed by atoms with Gasteiger partial charge in [-0.3, -0.25) is 4.79 Å². The van der Waals surface area contributed by atoms with Crippen LogP contribution in [0.2, 0.25) is 0 Å². The van der Waals surface area contributed by atoms with Gasteiger partial charge in [-0.25, -0.2) is 0 Å². The summed E-state index contributed by atoms with van der Waals surface area (Å²) in [4.78, 5) is 12.2. The van der Waals surface area contributed by atoms with Crippen molar-refractivity contribution in [1.29, 1.82) is 0 Å². The third kappa shape index (κ3) is 3.16. The van der Waals surface area contributed by atoms with Crippen LogP contribution in [0.1, 0.15) is 22.0 Å². The Hall–Kier alpha value is -2.11. The average molecular weight is 373 g/mol. The molecule has 2 aromatic carbocycles. The molecule has 0 spiro atoms. The topological polar surface area (TPSA) is 54.3 Å². The Balaban J connectivity index is 1.75. The van der Waals surface area contributed by atoms with E-state index in [0.29, 0.717) is 5.56 Å². The standard InChI is InChI=1S/C18H17BrN2O2/c1-21-11-14(12-6-3-5-9-16(12)21)17(22)10-20-18(23)13-7-2-4-8-15(13)19/h2-9,11,17,22H,10H2,1H3,(H,20,23)/t17-/m1/s1. The van der Waals surface area contributed by atoms with Crippen LogP contribution in [-0.4, -0.2) is 22.1 Å². The number of nitrogens with one attached hydrogen (secondary N) is 1. The predicted molar refractivity (Wildman–Crippen MR) is 94.4 cm³/mol. The Kier molecular flexibility index (Phi) is 4.50. The lowest BCUT2D eigenvalue weighted by atomic mass is 10.1. The van der Waals surface area contributed by atoms with Crippen molar-refractivity contribution < 1.29 is 9.90 Å². The highest BCUT2D eigenvalue weighted by Gasteiger charge is 2.16. The number of carbonyl (C=O) groups is 1. The van der Waals surface area contributed by atoms with Gasteiger partial charge in [-0.2, -0.15) is 0 Å². The summed E-state index contributed by atoms with van der Waals surface area (Å²) >= 11 is 3.36. The van der Waals surface area contributed by atoms with E-state index < -0.39 is 6.10 Å². The Morgan fingerprint density at radius 2 is 1.91 bits per heavy atom. The molecule has 1 heterocycles. The number of amides is 1. The number of aliphatic hydroxyl groups is 1. The summed E-state index contributed by atoms with van der Waals surface area (Å²) in [7, 11) is 1.94. The summed E-state index contributed by atoms with van der Waals surface area (Å²) in [5.74, 6) is -0.211. The van der Waals surface area contributed by atoms with E-state index in [4.69, 9.17) is 0 Å². The summed E-state index contributed by atoms with van der Waals surface area (Å²) in [5.41, 5.74) is 2.42. The normalized spacial score (nSPS) is 12.3. The number of nitrogens with zero attached hydrogens (tertiary/aromatic N) is 1. The van der Waals surface area contributed by atoms with Gasteiger partial charge in [-0.15, -0.1) is 0 Å². The highest BCUT2D eigenvalue weighted by molar-refractivity contribution is 9.10. The quantitative estimate of drug-likeness (QED) is 0.737. The summed E-state index contributed by atoms with van der Waals surface area (Å²) in [6.45, 7) is 0.161. The maximum Gasteiger partial charge on any atom is 0.252 e. The molecule has 0 fully saturated rings. The minimum absolute atomic E-state index is 0.161. The largest absolute Gasteiger partial charge is 0.386 e. The third-order valence-electron chi connectivity index (χ3n) is 3.86. The molecule has 4 nitrogen and oxygen atoms in total. The van der Waals surface area contributed by atoms with Gasteiger partial charge in [0.2, 0.25) is 0 Å². The number of hydrogen-bond acceptors (Lipinski definition) is 2. The minimum atomic E-state index is -0.757. The fourth-order valence-corrected chi connectivity index (χ4v) is 3.14. The zero-order chi connectivity index (χ0) is 16.4. The first-order valence-corrected chi connectivity index (χ1v) is 8.12. The number of aromatic nitrogens is 1. The number of benzene rings is 2. The molecule has 0 aliphatic heterocycles. The van der Waals surface area contributed by atoms with Crippen LogP contribution in [-0.2, 0) is 7.05 Å². The van der Waals surface area contributed by atoms with Crippen molar-refractivity contribution in [3.8, 4) is 0 Å². The molecule has 23 heavy (non-hydrogen) atoms. The summed E-state index contributed by atoms with van der Waals surface area (Å²) in [6, 6.07) is 15.1. The molecule has 0 bridgehead atoms. The van der Waals surface area contributed by atoms with Gasteiger partial charge < -0.3 is 15.0 Å². The van der Waals surface area contributed by atoms with Crippen molar-refractivity contribution in [1.82, 2.24) is 9.88 Å². The molecule has 0 radical (unpaired) electrons. The number of halogens is 1. The fraction of sp³-hybridized carbons (Fsp3) is 0.167. The smallest absolute Gasteiger partial charge is 0.252 e. The molecule has 5 heteroatoms. The SMILES string of the molecule is Cn1cc([C@H](O)CNC(=O)c2ccccc2Br)c2ccccc21. The molecule has 118 valence electrons. The molecule has 0 saturated heterocycles. The van der Waals surface area contributed by atoms with Crippen molar-refractivity contribution in [2.45, 2.75) is 6.10 Å². The van der Waals surface area contributed by atoms with Gasteiger partial charge in [0.1, 0.15) is 0 Å². The van der Waals surface area contributed by atoms with Crippen molar-refractivity contribution in [2.24, 2.45) is 7.05 Å². The number of rotatable bonds is 4. The number of carbonyl (C=O) groups excluding carboxylic acids is 1. The van der Waals surface area contributed by atoms with Crippen LogP contribution in [0.4, 0.5) is 0 Å². The lowest BCUT2D eigenvalue weighted by Crippen LogP contribution is -2.28. The van der Waals surface area contributed by atoms with Crippen molar-refractivity contribution >= 4 is 32.7 Å². The molecule has 1 amide bonds. The summed E-state index contributed by atoms with van der Waals surface area (Å²) < 4.78 is 2.71. The monoisotopic (exact) mass is 372 g/mol. The van der Waals surface area contributed by atoms with E-state index in [1.807, 2.05) is 54.2 Å². The molecular weight excluding hydrogens is 356 g/mol. The van der Waals surface area contributed by atoms with E-state index in [-0.39, 0.29) is 12.5 Å². The van der Waals surface area contributed by atoms with Gasteiger partial charge in [0.25, 0.3) is 5.91 Å². The highest BCUT2D eigenvalue weighted by atomic mass is 79.9. The lowest BCUT2D eigenvalue weighted by molar-refractivity contribution is 0.0916. The summed E-state index contributed by atoms with van der Waals surface area (Å²) in [5, 5.41) is 14.2. The molecule has 2 N–H and O–H groups in total. The van der Waals surface area contributed by atoms with Crippen molar-refractivity contribution in [3.05, 3.63) is 70.3 Å². The molecular formula is C18H17BrN2O2. The third-order valence-corrected chi connectivity index (χ3v) is 4.55. The second kappa shape index (κ2) is 6.56. The maximum atomic E-state index is 12.2. The van der Waals surface area contributed by atoms with E-state index >= 15 is 0 Å². The van der Waals surface area contributed by atoms with Crippen molar-refractivity contribution in [2.75, 3.05) is 6.54 Å². The average Bonchev–Trinajstić information content (AvgIpc) is 2.90. The van der Waals surface area contributed by atoms with Crippen LogP contribution in [0.25, 0.3) is 10.9 Å². The zero-order valence-electron chi connectivity index (χ0n) is 12.7. The second-order valence-corrected chi connectivity index (χ2v) is 6.27. The molecule has 3 rings (SSSR count). The van der Waals surface area contributed by atoms with Gasteiger partial charge in [0, 0.05) is 40.7 Å². The van der Waals surface area contributed by atoms with Gasteiger partial charge >= 0.3 is 0 Å². The van der Waals surface area contributed by atoms with Gasteiger partial charge in [0.15, 0.2) is 0 Å². The number of aliphatic hydroxyl groups excluding tert-OH is 1. The van der Waals surface area contributed by atoms with Gasteiger partial charge in [0.05, 0.1) is 11.7 Å². The molecule has 0 saturated carbocycles. The van der Waals surface area contributed by atoms with E-state index in [2.05, 4.69) is 21.2 Å². The first kappa shape index (κ1) is 15.8. The molecule has 0 aliphatic rings. The highest BCUT2D eigenvalue weighted by Crippen LogP contribution is 2.25. The number of fused-ring (bicyclic) bond motifs is 1. The van der Waals surface area contributed by atoms with E-state index in [1.54, 1.807) is 12.1 Å². The van der Waals surface area contributed by atoms with Gasteiger partial charge in [-0.05, 0) is 34.1 Å². The van der Waals surface area contributed by atoms with Crippen LogP contribution < -0.4 is 5.32 Å². The number of para-hydroxylation sites is 1. The zero-order valence-corrected chi connectivity index (χ0v) is 14.2. The Morgan fingerprint density at radius 1 is 1.22 bits per heavy atom. The first-order valence-electron chi connectivity index (χ1n) is 7.32. The van der Waals surface area contributed by atoms with Crippen LogP contribution >= 0.6 is 15.9 Å². The maximum absolute atomic E-state index is 12.2. The van der Waals surface area contributed by atoms with E-state index in [0.717, 1.165) is 20.9 Å². The van der Waals surface area contributed by atoms with E-state index in [9.17, 15) is 9.90 Å². The van der Waals surface area contributed by atoms with Crippen LogP contribution in [0.3, 0.4) is 0 Å².